The molecule has 0 radical (unpaired) electrons. The van der Waals surface area contributed by atoms with Gasteiger partial charge >= 0.3 is 0 Å². The van der Waals surface area contributed by atoms with E-state index in [9.17, 15) is 0 Å². The van der Waals surface area contributed by atoms with Gasteiger partial charge in [0, 0.05) is 27.6 Å². The molecular formula is C64H40N2O. The zero-order valence-electron chi connectivity index (χ0n) is 36.4. The highest BCUT2D eigenvalue weighted by Crippen LogP contribution is 2.47. The fraction of sp³-hybridized carbons (Fsp3) is 0. The van der Waals surface area contributed by atoms with Gasteiger partial charge in [-0.1, -0.05) is 218 Å². The Morgan fingerprint density at radius 3 is 1.60 bits per heavy atom. The minimum Gasteiger partial charge on any atom is -0.456 e. The summed E-state index contributed by atoms with van der Waals surface area (Å²) in [6.07, 6.45) is 0. The smallest absolute Gasteiger partial charge is 0.160 e. The van der Waals surface area contributed by atoms with Crippen molar-refractivity contribution in [3.05, 3.63) is 243 Å². The lowest BCUT2D eigenvalue weighted by molar-refractivity contribution is 0.631. The van der Waals surface area contributed by atoms with Gasteiger partial charge in [0.15, 0.2) is 5.82 Å². The molecule has 0 aliphatic rings. The molecule has 13 aromatic rings. The van der Waals surface area contributed by atoms with Crippen LogP contribution in [0.25, 0.3) is 133 Å². The maximum absolute atomic E-state index is 6.29. The van der Waals surface area contributed by atoms with Crippen LogP contribution in [0.2, 0.25) is 0 Å². The van der Waals surface area contributed by atoms with Gasteiger partial charge in [0.2, 0.25) is 0 Å². The van der Waals surface area contributed by atoms with Crippen LogP contribution in [-0.2, 0) is 0 Å². The molecule has 0 saturated carbocycles. The maximum atomic E-state index is 6.29. The van der Waals surface area contributed by atoms with Crippen molar-refractivity contribution in [1.29, 1.82) is 0 Å². The van der Waals surface area contributed by atoms with Crippen LogP contribution in [0.3, 0.4) is 0 Å². The zero-order chi connectivity index (χ0) is 44.3. The molecule has 0 bridgehead atoms. The Morgan fingerprint density at radius 2 is 0.836 bits per heavy atom. The Hall–Kier alpha value is -8.92. The van der Waals surface area contributed by atoms with Gasteiger partial charge in [-0.2, -0.15) is 0 Å². The number of nitrogens with zero attached hydrogens (tertiary/aromatic N) is 2. The van der Waals surface area contributed by atoms with E-state index >= 15 is 0 Å². The van der Waals surface area contributed by atoms with Crippen molar-refractivity contribution in [3.8, 4) is 78.6 Å². The van der Waals surface area contributed by atoms with Crippen molar-refractivity contribution >= 4 is 54.1 Å². The number of furan rings is 1. The first-order valence-electron chi connectivity index (χ1n) is 22.8. The number of para-hydroxylation sites is 1. The molecule has 0 aliphatic carbocycles. The molecule has 3 nitrogen and oxygen atoms in total. The quantitative estimate of drug-likeness (QED) is 0.118. The molecule has 67 heavy (non-hydrogen) atoms. The topological polar surface area (TPSA) is 38.9 Å². The van der Waals surface area contributed by atoms with Crippen molar-refractivity contribution in [1.82, 2.24) is 9.97 Å². The number of fused-ring (bicyclic) bond motifs is 6. The molecule has 3 heteroatoms. The van der Waals surface area contributed by atoms with E-state index in [-0.39, 0.29) is 0 Å². The Balaban J connectivity index is 0.936. The largest absolute Gasteiger partial charge is 0.456 e. The van der Waals surface area contributed by atoms with Crippen molar-refractivity contribution in [2.75, 3.05) is 0 Å². The van der Waals surface area contributed by atoms with E-state index in [1.165, 1.54) is 60.1 Å². The van der Waals surface area contributed by atoms with Crippen LogP contribution in [0.4, 0.5) is 0 Å². The lowest BCUT2D eigenvalue weighted by atomic mass is 9.83. The van der Waals surface area contributed by atoms with Crippen LogP contribution in [0.1, 0.15) is 0 Å². The lowest BCUT2D eigenvalue weighted by Gasteiger charge is -2.19. The van der Waals surface area contributed by atoms with E-state index in [1.807, 2.05) is 36.4 Å². The van der Waals surface area contributed by atoms with Crippen molar-refractivity contribution < 1.29 is 4.42 Å². The first kappa shape index (κ1) is 38.5. The lowest BCUT2D eigenvalue weighted by Crippen LogP contribution is -1.97. The average Bonchev–Trinajstić information content (AvgIpc) is 3.85. The van der Waals surface area contributed by atoms with Crippen LogP contribution < -0.4 is 0 Å². The number of rotatable bonds is 7. The highest BCUT2D eigenvalue weighted by Gasteiger charge is 2.20. The number of hydrogen-bond acceptors (Lipinski definition) is 3. The normalized spacial score (nSPS) is 11.6. The Kier molecular flexibility index (Phi) is 9.17. The van der Waals surface area contributed by atoms with Crippen LogP contribution in [0, 0.1) is 0 Å². The minimum atomic E-state index is 0.677. The van der Waals surface area contributed by atoms with E-state index in [1.54, 1.807) is 0 Å². The van der Waals surface area contributed by atoms with Gasteiger partial charge in [0.05, 0.1) is 11.4 Å². The molecule has 0 saturated heterocycles. The van der Waals surface area contributed by atoms with Gasteiger partial charge in [0.1, 0.15) is 11.3 Å². The fourth-order valence-electron chi connectivity index (χ4n) is 10.2. The molecule has 0 amide bonds. The maximum Gasteiger partial charge on any atom is 0.160 e. The molecule has 11 aromatic carbocycles. The van der Waals surface area contributed by atoms with Crippen molar-refractivity contribution in [2.45, 2.75) is 0 Å². The summed E-state index contributed by atoms with van der Waals surface area (Å²) in [6, 6.07) is 86.5. The van der Waals surface area contributed by atoms with E-state index < -0.39 is 0 Å². The van der Waals surface area contributed by atoms with E-state index in [2.05, 4.69) is 206 Å². The minimum absolute atomic E-state index is 0.677. The highest BCUT2D eigenvalue weighted by atomic mass is 16.3. The standard InChI is InChI=1S/C64H40N2O/c1-3-17-43(18-4-1)62-55-28-13-12-27-54(55)61(56-35-34-41-16-7-9-24-50(41)63(56)62)44-32-30-42(31-33-44)49-36-37-53(52-26-11-10-25-51(49)52)58-40-57(65-64(66-58)45-19-5-2-6-20-45)46-22-15-23-47(38-46)60-39-48-21-8-14-29-59(48)67-60/h1-40H. The van der Waals surface area contributed by atoms with E-state index in [4.69, 9.17) is 14.4 Å². The predicted octanol–water partition coefficient (Wildman–Crippen LogP) is 17.5. The number of aromatic nitrogens is 2. The summed E-state index contributed by atoms with van der Waals surface area (Å²) in [5.74, 6) is 1.50. The summed E-state index contributed by atoms with van der Waals surface area (Å²) in [6.45, 7) is 0. The van der Waals surface area contributed by atoms with E-state index in [0.29, 0.717) is 5.82 Å². The summed E-state index contributed by atoms with van der Waals surface area (Å²) >= 11 is 0. The van der Waals surface area contributed by atoms with Crippen LogP contribution in [0.15, 0.2) is 247 Å². The van der Waals surface area contributed by atoms with Gasteiger partial charge in [-0.25, -0.2) is 9.97 Å². The molecular weight excluding hydrogens is 813 g/mol. The van der Waals surface area contributed by atoms with Gasteiger partial charge in [-0.3, -0.25) is 0 Å². The summed E-state index contributed by atoms with van der Waals surface area (Å²) in [4.78, 5) is 10.5. The third kappa shape index (κ3) is 6.67. The molecule has 312 valence electrons. The molecule has 13 rings (SSSR count). The molecule has 0 spiro atoms. The summed E-state index contributed by atoms with van der Waals surface area (Å²) in [5, 5.41) is 10.9. The van der Waals surface area contributed by atoms with Crippen LogP contribution >= 0.6 is 0 Å². The second-order valence-electron chi connectivity index (χ2n) is 17.2. The summed E-state index contributed by atoms with van der Waals surface area (Å²) in [5.41, 5.74) is 13.8. The molecule has 0 atom stereocenters. The first-order valence-corrected chi connectivity index (χ1v) is 22.8. The third-order valence-corrected chi connectivity index (χ3v) is 13.3. The van der Waals surface area contributed by atoms with Gasteiger partial charge in [0.25, 0.3) is 0 Å². The SMILES string of the molecule is c1ccc(-c2nc(-c3cccc(-c4cc5ccccc5o4)c3)cc(-c3ccc(-c4ccc(-c5c6ccccc6c(-c6ccccc6)c6c5ccc5ccccc56)cc4)c4ccccc34)n2)cc1. The molecule has 2 aromatic heterocycles. The second kappa shape index (κ2) is 16.0. The second-order valence-corrected chi connectivity index (χ2v) is 17.2. The molecule has 0 aliphatic heterocycles. The zero-order valence-corrected chi connectivity index (χ0v) is 36.4. The molecule has 0 N–H and O–H groups in total. The van der Waals surface area contributed by atoms with E-state index in [0.717, 1.165) is 66.7 Å². The number of hydrogen-bond donors (Lipinski definition) is 0. The van der Waals surface area contributed by atoms with Crippen LogP contribution in [0.5, 0.6) is 0 Å². The van der Waals surface area contributed by atoms with Gasteiger partial charge < -0.3 is 4.42 Å². The Bertz CT molecular complexity index is 3990. The van der Waals surface area contributed by atoms with Crippen LogP contribution in [-0.4, -0.2) is 9.97 Å². The fourth-order valence-corrected chi connectivity index (χ4v) is 10.2. The molecule has 0 fully saturated rings. The highest BCUT2D eigenvalue weighted by molar-refractivity contribution is 6.28. The Morgan fingerprint density at radius 1 is 0.284 bits per heavy atom. The Labute approximate surface area is 387 Å². The third-order valence-electron chi connectivity index (χ3n) is 13.3. The van der Waals surface area contributed by atoms with Gasteiger partial charge in [-0.05, 0) is 101 Å². The van der Waals surface area contributed by atoms with Crippen molar-refractivity contribution in [2.24, 2.45) is 0 Å². The molecule has 0 unspecified atom stereocenters. The predicted molar refractivity (Wildman–Crippen MR) is 280 cm³/mol. The van der Waals surface area contributed by atoms with Crippen molar-refractivity contribution in [3.63, 3.8) is 0 Å². The molecule has 2 heterocycles. The average molecular weight is 853 g/mol. The number of benzene rings is 11. The summed E-state index contributed by atoms with van der Waals surface area (Å²) < 4.78 is 6.29. The first-order chi connectivity index (χ1) is 33.2. The summed E-state index contributed by atoms with van der Waals surface area (Å²) in [7, 11) is 0. The van der Waals surface area contributed by atoms with Gasteiger partial charge in [-0.15, -0.1) is 0 Å². The monoisotopic (exact) mass is 852 g/mol.